The highest BCUT2D eigenvalue weighted by Crippen LogP contribution is 2.23. The van der Waals surface area contributed by atoms with E-state index in [1.54, 1.807) is 36.7 Å². The van der Waals surface area contributed by atoms with Gasteiger partial charge in [-0.05, 0) is 57.1 Å². The molecule has 1 aromatic rings. The minimum absolute atomic E-state index is 0.0355. The number of rotatable bonds is 6. The van der Waals surface area contributed by atoms with Gasteiger partial charge in [-0.25, -0.2) is 5.48 Å². The van der Waals surface area contributed by atoms with Crippen molar-refractivity contribution in [1.82, 2.24) is 16.1 Å². The molecule has 1 aliphatic heterocycles. The number of amides is 2. The van der Waals surface area contributed by atoms with Crippen molar-refractivity contribution in [3.05, 3.63) is 29.8 Å². The number of hydroxylamine groups is 1. The first-order valence-corrected chi connectivity index (χ1v) is 8.17. The van der Waals surface area contributed by atoms with E-state index in [9.17, 15) is 9.59 Å². The van der Waals surface area contributed by atoms with Gasteiger partial charge in [0.05, 0.1) is 12.0 Å². The molecule has 7 heteroatoms. The number of hydrogen-bond acceptors (Lipinski definition) is 5. The fraction of sp³-hybridized carbons (Fsp3) is 0.444. The van der Waals surface area contributed by atoms with Crippen LogP contribution in [0.2, 0.25) is 0 Å². The zero-order chi connectivity index (χ0) is 18.1. The first-order chi connectivity index (χ1) is 12.1. The van der Waals surface area contributed by atoms with Crippen LogP contribution >= 0.6 is 0 Å². The summed E-state index contributed by atoms with van der Waals surface area (Å²) in [4.78, 5) is 24.2. The van der Waals surface area contributed by atoms with Crippen molar-refractivity contribution in [2.45, 2.75) is 31.7 Å². The van der Waals surface area contributed by atoms with E-state index in [1.807, 2.05) is 0 Å². The molecule has 0 atom stereocenters. The first-order valence-electron chi connectivity index (χ1n) is 8.17. The molecule has 0 radical (unpaired) electrons. The van der Waals surface area contributed by atoms with Crippen LogP contribution in [0.4, 0.5) is 0 Å². The van der Waals surface area contributed by atoms with Crippen molar-refractivity contribution in [2.75, 3.05) is 19.7 Å². The Labute approximate surface area is 147 Å². The van der Waals surface area contributed by atoms with Crippen molar-refractivity contribution < 1.29 is 19.5 Å². The van der Waals surface area contributed by atoms with E-state index >= 15 is 0 Å². The molecule has 25 heavy (non-hydrogen) atoms. The van der Waals surface area contributed by atoms with E-state index in [2.05, 4.69) is 22.5 Å². The molecule has 0 unspecified atom stereocenters. The summed E-state index contributed by atoms with van der Waals surface area (Å²) in [5.74, 6) is 5.41. The van der Waals surface area contributed by atoms with Gasteiger partial charge in [-0.15, -0.1) is 5.92 Å². The fourth-order valence-electron chi connectivity index (χ4n) is 2.81. The molecule has 1 fully saturated rings. The average Bonchev–Trinajstić information content (AvgIpc) is 2.63. The Morgan fingerprint density at radius 3 is 2.56 bits per heavy atom. The summed E-state index contributed by atoms with van der Waals surface area (Å²) in [5, 5.41) is 15.0. The van der Waals surface area contributed by atoms with Gasteiger partial charge in [0, 0.05) is 5.56 Å². The monoisotopic (exact) mass is 345 g/mol. The van der Waals surface area contributed by atoms with E-state index in [0.717, 1.165) is 0 Å². The molecular weight excluding hydrogens is 322 g/mol. The molecule has 0 aromatic heterocycles. The third kappa shape index (κ3) is 5.48. The molecule has 7 nitrogen and oxygen atoms in total. The second-order valence-electron chi connectivity index (χ2n) is 5.94. The number of carbonyl (C=O) groups excluding carboxylic acids is 2. The van der Waals surface area contributed by atoms with E-state index in [4.69, 9.17) is 9.94 Å². The molecule has 0 spiro atoms. The van der Waals surface area contributed by atoms with E-state index < -0.39 is 11.4 Å². The molecular formula is C18H23N3O4. The summed E-state index contributed by atoms with van der Waals surface area (Å²) >= 11 is 0. The maximum atomic E-state index is 12.6. The summed E-state index contributed by atoms with van der Waals surface area (Å²) < 4.78 is 5.42. The van der Waals surface area contributed by atoms with Crippen molar-refractivity contribution >= 4 is 11.8 Å². The standard InChI is InChI=1S/C18H23N3O4/c1-2-3-12-25-15-6-4-14(5-7-15)17(23)20-18(13-16(22)21-24)8-10-19-11-9-18/h4-7,19,24H,8-13H2,1H3,(H,20,23)(H,21,22). The second kappa shape index (κ2) is 9.06. The van der Waals surface area contributed by atoms with Crippen LogP contribution in [0.1, 0.15) is 36.5 Å². The number of hydrogen-bond donors (Lipinski definition) is 4. The van der Waals surface area contributed by atoms with Gasteiger partial charge in [0.15, 0.2) is 0 Å². The van der Waals surface area contributed by atoms with Crippen LogP contribution in [0.5, 0.6) is 5.75 Å². The largest absolute Gasteiger partial charge is 0.481 e. The molecule has 2 rings (SSSR count). The summed E-state index contributed by atoms with van der Waals surface area (Å²) in [6.07, 6.45) is 1.26. The topological polar surface area (TPSA) is 99.7 Å². The molecule has 0 bridgehead atoms. The lowest BCUT2D eigenvalue weighted by Gasteiger charge is -2.37. The highest BCUT2D eigenvalue weighted by Gasteiger charge is 2.36. The van der Waals surface area contributed by atoms with Gasteiger partial charge in [0.2, 0.25) is 5.91 Å². The third-order valence-corrected chi connectivity index (χ3v) is 4.17. The Hall–Kier alpha value is -2.56. The van der Waals surface area contributed by atoms with Crippen molar-refractivity contribution in [2.24, 2.45) is 0 Å². The molecule has 1 aromatic carbocycles. The lowest BCUT2D eigenvalue weighted by Crippen LogP contribution is -2.56. The Bertz CT molecular complexity index is 655. The SMILES string of the molecule is CC#CCOc1ccc(C(=O)NC2(CC(=O)NO)CCNCC2)cc1. The first kappa shape index (κ1) is 18.8. The minimum Gasteiger partial charge on any atom is -0.481 e. The third-order valence-electron chi connectivity index (χ3n) is 4.17. The summed E-state index contributed by atoms with van der Waals surface area (Å²) in [6, 6.07) is 6.76. The maximum absolute atomic E-state index is 12.6. The number of carbonyl (C=O) groups is 2. The molecule has 1 aliphatic rings. The van der Waals surface area contributed by atoms with Gasteiger partial charge in [-0.2, -0.15) is 0 Å². The van der Waals surface area contributed by atoms with Gasteiger partial charge >= 0.3 is 0 Å². The molecule has 4 N–H and O–H groups in total. The number of benzene rings is 1. The average molecular weight is 345 g/mol. The van der Waals surface area contributed by atoms with Crippen LogP contribution < -0.4 is 20.9 Å². The van der Waals surface area contributed by atoms with Crippen molar-refractivity contribution in [1.29, 1.82) is 0 Å². The quantitative estimate of drug-likeness (QED) is 0.348. The molecule has 1 saturated heterocycles. The van der Waals surface area contributed by atoms with Crippen LogP contribution in [-0.2, 0) is 4.79 Å². The molecule has 1 heterocycles. The van der Waals surface area contributed by atoms with Gasteiger partial charge in [-0.3, -0.25) is 14.8 Å². The van der Waals surface area contributed by atoms with Crippen LogP contribution in [0.25, 0.3) is 0 Å². The Balaban J connectivity index is 2.04. The van der Waals surface area contributed by atoms with Gasteiger partial charge in [0.25, 0.3) is 5.91 Å². The highest BCUT2D eigenvalue weighted by molar-refractivity contribution is 5.95. The molecule has 134 valence electrons. The van der Waals surface area contributed by atoms with Gasteiger partial charge in [0.1, 0.15) is 12.4 Å². The molecule has 0 aliphatic carbocycles. The summed E-state index contributed by atoms with van der Waals surface area (Å²) in [5.41, 5.74) is 1.46. The maximum Gasteiger partial charge on any atom is 0.251 e. The van der Waals surface area contributed by atoms with E-state index in [0.29, 0.717) is 43.9 Å². The smallest absolute Gasteiger partial charge is 0.251 e. The Morgan fingerprint density at radius 1 is 1.28 bits per heavy atom. The van der Waals surface area contributed by atoms with Crippen molar-refractivity contribution in [3.63, 3.8) is 0 Å². The molecule has 0 saturated carbocycles. The van der Waals surface area contributed by atoms with E-state index in [1.165, 1.54) is 0 Å². The van der Waals surface area contributed by atoms with Crippen molar-refractivity contribution in [3.8, 4) is 17.6 Å². The zero-order valence-electron chi connectivity index (χ0n) is 14.2. The normalized spacial score (nSPS) is 15.4. The van der Waals surface area contributed by atoms with Crippen LogP contribution in [0.15, 0.2) is 24.3 Å². The number of nitrogens with one attached hydrogen (secondary N) is 3. The predicted molar refractivity (Wildman–Crippen MR) is 92.2 cm³/mol. The molecule has 2 amide bonds. The predicted octanol–water partition coefficient (Wildman–Crippen LogP) is 0.836. The second-order valence-corrected chi connectivity index (χ2v) is 5.94. The van der Waals surface area contributed by atoms with Gasteiger partial charge < -0.3 is 15.4 Å². The van der Waals surface area contributed by atoms with Crippen LogP contribution in [-0.4, -0.2) is 42.3 Å². The Kier molecular flexibility index (Phi) is 6.81. The van der Waals surface area contributed by atoms with Crippen LogP contribution in [0, 0.1) is 11.8 Å². The van der Waals surface area contributed by atoms with E-state index in [-0.39, 0.29) is 12.3 Å². The highest BCUT2D eigenvalue weighted by atomic mass is 16.5. The van der Waals surface area contributed by atoms with Crippen LogP contribution in [0.3, 0.4) is 0 Å². The lowest BCUT2D eigenvalue weighted by atomic mass is 9.84. The minimum atomic E-state index is -0.666. The van der Waals surface area contributed by atoms with Gasteiger partial charge in [-0.1, -0.05) is 5.92 Å². The lowest BCUT2D eigenvalue weighted by molar-refractivity contribution is -0.130. The number of ether oxygens (including phenoxy) is 1. The summed E-state index contributed by atoms with van der Waals surface area (Å²) in [7, 11) is 0. The number of piperidine rings is 1. The Morgan fingerprint density at radius 2 is 1.96 bits per heavy atom. The fourth-order valence-corrected chi connectivity index (χ4v) is 2.81. The summed E-state index contributed by atoms with van der Waals surface area (Å²) in [6.45, 7) is 3.44. The zero-order valence-corrected chi connectivity index (χ0v) is 14.2.